The Morgan fingerprint density at radius 3 is 1.77 bits per heavy atom. The topological polar surface area (TPSA) is 82.1 Å². The van der Waals surface area contributed by atoms with Gasteiger partial charge in [0.05, 0.1) is 46.9 Å². The molecule has 0 aliphatic carbocycles. The second-order valence-corrected chi connectivity index (χ2v) is 10.1. The van der Waals surface area contributed by atoms with E-state index in [0.717, 1.165) is 11.4 Å². The predicted molar refractivity (Wildman–Crippen MR) is 142 cm³/mol. The van der Waals surface area contributed by atoms with E-state index >= 15 is 0 Å². The van der Waals surface area contributed by atoms with E-state index in [1.165, 1.54) is 0 Å². The van der Waals surface area contributed by atoms with Crippen LogP contribution < -0.4 is 15.2 Å². The summed E-state index contributed by atoms with van der Waals surface area (Å²) in [6, 6.07) is 10.5. The number of rotatable bonds is 15. The van der Waals surface area contributed by atoms with Gasteiger partial charge in [0.15, 0.2) is 0 Å². The standard InChI is InChI=1S/C26H34F3N3O6S/c1-34-13-9-31(10-14-35-2)19-5-7-21-23(17-19)39(38-25(33)26(27,28)29)24-18-20(6-8-22(24)30-21)32(11-15-36-3)12-16-37-4/h5-8,17-18H,9-16H2,1-4H3. The third-order valence-corrected chi connectivity index (χ3v) is 7.68. The van der Waals surface area contributed by atoms with Crippen LogP contribution in [0.15, 0.2) is 46.3 Å². The molecule has 9 nitrogen and oxygen atoms in total. The Morgan fingerprint density at radius 1 is 0.795 bits per heavy atom. The maximum absolute atomic E-state index is 13.4. The normalized spacial score (nSPS) is 14.3. The molecule has 0 amide bonds. The molecule has 1 aliphatic heterocycles. The van der Waals surface area contributed by atoms with Crippen LogP contribution in [0, 0.1) is 4.51 Å². The third kappa shape index (κ3) is 8.15. The summed E-state index contributed by atoms with van der Waals surface area (Å²) < 4.78 is 66.5. The van der Waals surface area contributed by atoms with Crippen molar-refractivity contribution < 1.29 is 41.1 Å². The monoisotopic (exact) mass is 573 g/mol. The second kappa shape index (κ2) is 14.6. The minimum absolute atomic E-state index is 0.384. The van der Waals surface area contributed by atoms with Crippen molar-refractivity contribution in [2.24, 2.45) is 4.99 Å². The number of hydrogen-bond acceptors (Lipinski definition) is 9. The summed E-state index contributed by atoms with van der Waals surface area (Å²) in [5, 5.41) is 0.436. The second-order valence-electron chi connectivity index (χ2n) is 8.50. The Bertz CT molecular complexity index is 1230. The molecule has 1 atom stereocenters. The first-order chi connectivity index (χ1) is 18.7. The minimum Gasteiger partial charge on any atom is -0.388 e. The molecule has 1 heterocycles. The van der Waals surface area contributed by atoms with Gasteiger partial charge in [-0.15, -0.1) is 0 Å². The zero-order valence-electron chi connectivity index (χ0n) is 22.5. The number of methoxy groups -OCH3 is 4. The molecule has 216 valence electrons. The van der Waals surface area contributed by atoms with Gasteiger partial charge in [-0.05, 0) is 36.4 Å². The zero-order valence-corrected chi connectivity index (χ0v) is 23.3. The zero-order chi connectivity index (χ0) is 28.4. The number of carbonyl (C=O) groups excluding carboxylic acids is 1. The van der Waals surface area contributed by atoms with Gasteiger partial charge in [-0.25, -0.2) is 9.79 Å². The summed E-state index contributed by atoms with van der Waals surface area (Å²) in [6.45, 7) is 3.86. The fourth-order valence-corrected chi connectivity index (χ4v) is 5.61. The van der Waals surface area contributed by atoms with Crippen molar-refractivity contribution in [1.82, 2.24) is 0 Å². The van der Waals surface area contributed by atoms with Crippen molar-refractivity contribution in [3.05, 3.63) is 46.3 Å². The molecule has 0 radical (unpaired) electrons. The van der Waals surface area contributed by atoms with Gasteiger partial charge in [0, 0.05) is 76.8 Å². The molecule has 0 saturated carbocycles. The molecule has 2 aromatic rings. The average molecular weight is 574 g/mol. The van der Waals surface area contributed by atoms with Crippen LogP contribution in [0.25, 0.3) is 0 Å². The summed E-state index contributed by atoms with van der Waals surface area (Å²) >= 11 is 0. The van der Waals surface area contributed by atoms with E-state index in [9.17, 15) is 18.0 Å². The molecule has 13 heteroatoms. The smallest absolute Gasteiger partial charge is 0.388 e. The molecule has 0 bridgehead atoms. The van der Waals surface area contributed by atoms with Crippen LogP contribution in [0.1, 0.15) is 0 Å². The quantitative estimate of drug-likeness (QED) is 0.298. The molecule has 39 heavy (non-hydrogen) atoms. The number of carbonyl (C=O) groups is 1. The fraction of sp³-hybridized carbons (Fsp3) is 0.500. The lowest BCUT2D eigenvalue weighted by Gasteiger charge is -2.27. The largest absolute Gasteiger partial charge is 0.492 e. The van der Waals surface area contributed by atoms with E-state index in [1.54, 1.807) is 52.7 Å². The Hall–Kier alpha value is -2.71. The minimum atomic E-state index is -5.15. The van der Waals surface area contributed by atoms with Crippen LogP contribution in [-0.2, 0) is 27.9 Å². The van der Waals surface area contributed by atoms with Gasteiger partial charge >= 0.3 is 12.1 Å². The summed E-state index contributed by atoms with van der Waals surface area (Å²) in [5.74, 6) is -2.26. The van der Waals surface area contributed by atoms with Gasteiger partial charge in [0.25, 0.3) is 0 Å². The van der Waals surface area contributed by atoms with Crippen molar-refractivity contribution in [2.45, 2.75) is 11.1 Å². The molecule has 3 rings (SSSR count). The van der Waals surface area contributed by atoms with E-state index in [-0.39, 0.29) is 0 Å². The number of alkyl halides is 3. The number of hydrogen-bond donors (Lipinski definition) is 0. The Labute approximate surface area is 228 Å². The van der Waals surface area contributed by atoms with Crippen LogP contribution in [0.2, 0.25) is 0 Å². The first kappa shape index (κ1) is 30.8. The van der Waals surface area contributed by atoms with Crippen LogP contribution in [0.4, 0.5) is 30.2 Å². The lowest BCUT2D eigenvalue weighted by atomic mass is 10.2. The fourth-order valence-electron chi connectivity index (χ4n) is 3.89. The van der Waals surface area contributed by atoms with Crippen molar-refractivity contribution >= 4 is 33.8 Å². The van der Waals surface area contributed by atoms with E-state index in [0.29, 0.717) is 73.1 Å². The van der Waals surface area contributed by atoms with E-state index in [1.807, 2.05) is 21.9 Å². The molecule has 0 N–H and O–H groups in total. The molecule has 2 aromatic carbocycles. The maximum Gasteiger partial charge on any atom is 0.492 e. The number of fused-ring (bicyclic) bond motifs is 2. The van der Waals surface area contributed by atoms with Gasteiger partial charge in [-0.2, -0.15) is 13.2 Å². The third-order valence-electron chi connectivity index (χ3n) is 5.91. The van der Waals surface area contributed by atoms with Gasteiger partial charge in [-0.1, -0.05) is 0 Å². The summed E-state index contributed by atoms with van der Waals surface area (Å²) in [5.41, 5.74) is 1.88. The van der Waals surface area contributed by atoms with Crippen molar-refractivity contribution in [3.8, 4) is 0 Å². The molecule has 0 aromatic heterocycles. The molecule has 1 unspecified atom stereocenters. The lowest BCUT2D eigenvalue weighted by Crippen LogP contribution is -2.31. The highest BCUT2D eigenvalue weighted by atomic mass is 32.2. The summed E-state index contributed by atoms with van der Waals surface area (Å²) in [7, 11) is 4.67. The molecule has 0 fully saturated rings. The van der Waals surface area contributed by atoms with E-state index in [4.69, 9.17) is 23.1 Å². The Kier molecular flexibility index (Phi) is 11.5. The van der Waals surface area contributed by atoms with Crippen molar-refractivity contribution in [3.63, 3.8) is 0 Å². The lowest BCUT2D eigenvalue weighted by molar-refractivity contribution is -0.188. The number of benzene rings is 2. The van der Waals surface area contributed by atoms with Crippen molar-refractivity contribution in [2.75, 3.05) is 90.8 Å². The van der Waals surface area contributed by atoms with Crippen molar-refractivity contribution in [1.29, 1.82) is 0 Å². The number of anilines is 2. The van der Waals surface area contributed by atoms with Gasteiger partial charge < -0.3 is 32.9 Å². The molecule has 0 spiro atoms. The highest BCUT2D eigenvalue weighted by molar-refractivity contribution is 8.05. The van der Waals surface area contributed by atoms with Gasteiger partial charge in [0.1, 0.15) is 0 Å². The highest BCUT2D eigenvalue weighted by Gasteiger charge is 2.42. The SMILES string of the molecule is COCCN(CCOC)c1ccc2c(c1)S(OC(=O)C(F)(F)F)=c1cc(N(CCOC)CCOC)ccc1=N2. The van der Waals surface area contributed by atoms with E-state index < -0.39 is 22.9 Å². The van der Waals surface area contributed by atoms with Gasteiger partial charge in [-0.3, -0.25) is 0 Å². The average Bonchev–Trinajstić information content (AvgIpc) is 2.92. The molecule has 0 saturated heterocycles. The number of halogens is 3. The summed E-state index contributed by atoms with van der Waals surface area (Å²) in [4.78, 5) is 21.1. The Morgan fingerprint density at radius 2 is 1.28 bits per heavy atom. The maximum atomic E-state index is 13.4. The predicted octanol–water partition coefficient (Wildman–Crippen LogP) is 3.75. The highest BCUT2D eigenvalue weighted by Crippen LogP contribution is 2.43. The van der Waals surface area contributed by atoms with Crippen LogP contribution >= 0.6 is 10.8 Å². The Balaban J connectivity index is 2.17. The number of nitrogens with zero attached hydrogens (tertiary/aromatic N) is 3. The first-order valence-corrected chi connectivity index (χ1v) is 13.4. The molecular formula is C26H34F3N3O6S. The van der Waals surface area contributed by atoms with Gasteiger partial charge in [0.2, 0.25) is 0 Å². The van der Waals surface area contributed by atoms with Crippen LogP contribution in [-0.4, -0.2) is 93.2 Å². The summed E-state index contributed by atoms with van der Waals surface area (Å²) in [6.07, 6.45) is -5.15. The van der Waals surface area contributed by atoms with Crippen LogP contribution in [0.3, 0.4) is 0 Å². The van der Waals surface area contributed by atoms with E-state index in [2.05, 4.69) is 4.99 Å². The van der Waals surface area contributed by atoms with Crippen LogP contribution in [0.5, 0.6) is 0 Å². The molecular weight excluding hydrogens is 539 g/mol. The number of ether oxygens (including phenoxy) is 4. The first-order valence-electron chi connectivity index (χ1n) is 12.2. The molecule has 1 aliphatic rings.